The van der Waals surface area contributed by atoms with Gasteiger partial charge in [0.05, 0.1) is 7.11 Å². The van der Waals surface area contributed by atoms with Crippen molar-refractivity contribution < 1.29 is 9.13 Å². The molecule has 0 amide bonds. The van der Waals surface area contributed by atoms with Gasteiger partial charge in [-0.25, -0.2) is 9.97 Å². The van der Waals surface area contributed by atoms with Gasteiger partial charge in [-0.05, 0) is 24.3 Å². The van der Waals surface area contributed by atoms with Crippen LogP contribution in [0.5, 0.6) is 5.75 Å². The monoisotopic (exact) mass is 319 g/mol. The fraction of sp³-hybridized carbons (Fsp3) is 0.0526. The summed E-state index contributed by atoms with van der Waals surface area (Å²) in [4.78, 5) is 11.4. The molecule has 0 fully saturated rings. The van der Waals surface area contributed by atoms with E-state index in [0.717, 1.165) is 39.0 Å². The highest BCUT2D eigenvalue weighted by atomic mass is 19.1. The van der Waals surface area contributed by atoms with E-state index in [1.165, 1.54) is 12.3 Å². The lowest BCUT2D eigenvalue weighted by molar-refractivity contribution is 0.416. The van der Waals surface area contributed by atoms with Gasteiger partial charge in [0.1, 0.15) is 11.4 Å². The van der Waals surface area contributed by atoms with E-state index in [9.17, 15) is 4.39 Å². The van der Waals surface area contributed by atoms with Crippen LogP contribution in [0.25, 0.3) is 33.3 Å². The largest absolute Gasteiger partial charge is 0.496 e. The van der Waals surface area contributed by atoms with Crippen molar-refractivity contribution in [2.24, 2.45) is 0 Å². The third-order valence-corrected chi connectivity index (χ3v) is 3.99. The molecule has 3 aromatic heterocycles. The molecule has 24 heavy (non-hydrogen) atoms. The number of benzene rings is 1. The molecule has 1 N–H and O–H groups in total. The van der Waals surface area contributed by atoms with E-state index in [2.05, 4.69) is 15.0 Å². The van der Waals surface area contributed by atoms with E-state index < -0.39 is 5.95 Å². The molecule has 5 heteroatoms. The van der Waals surface area contributed by atoms with E-state index >= 15 is 0 Å². The summed E-state index contributed by atoms with van der Waals surface area (Å²) in [5, 5.41) is 0.973. The molecule has 4 aromatic rings. The summed E-state index contributed by atoms with van der Waals surface area (Å²) in [7, 11) is 1.65. The zero-order valence-corrected chi connectivity index (χ0v) is 13.0. The Balaban J connectivity index is 1.89. The molecule has 0 aliphatic rings. The number of pyridine rings is 2. The lowest BCUT2D eigenvalue weighted by Crippen LogP contribution is -1.88. The molecule has 4 nitrogen and oxygen atoms in total. The van der Waals surface area contributed by atoms with Gasteiger partial charge in [-0.2, -0.15) is 4.39 Å². The summed E-state index contributed by atoms with van der Waals surface area (Å²) in [6.07, 6.45) is 5.18. The first-order valence-corrected chi connectivity index (χ1v) is 7.49. The van der Waals surface area contributed by atoms with Crippen molar-refractivity contribution in [1.82, 2.24) is 15.0 Å². The number of aromatic amines is 1. The van der Waals surface area contributed by atoms with Gasteiger partial charge in [0.2, 0.25) is 5.95 Å². The van der Waals surface area contributed by atoms with Crippen molar-refractivity contribution in [3.63, 3.8) is 0 Å². The van der Waals surface area contributed by atoms with Gasteiger partial charge in [0.25, 0.3) is 0 Å². The highest BCUT2D eigenvalue weighted by molar-refractivity contribution is 5.97. The number of halogens is 1. The molecular formula is C19H14FN3O. The van der Waals surface area contributed by atoms with Crippen LogP contribution in [0.4, 0.5) is 4.39 Å². The average Bonchev–Trinajstić information content (AvgIpc) is 3.05. The minimum Gasteiger partial charge on any atom is -0.496 e. The number of nitrogens with one attached hydrogen (secondary N) is 1. The van der Waals surface area contributed by atoms with Gasteiger partial charge in [-0.15, -0.1) is 0 Å². The number of methoxy groups -OCH3 is 1. The Morgan fingerprint density at radius 3 is 2.58 bits per heavy atom. The normalized spacial score (nSPS) is 10.9. The molecule has 0 saturated carbocycles. The maximum Gasteiger partial charge on any atom is 0.212 e. The van der Waals surface area contributed by atoms with E-state index in [1.54, 1.807) is 19.4 Å². The molecule has 3 heterocycles. The zero-order chi connectivity index (χ0) is 16.5. The molecule has 0 bridgehead atoms. The van der Waals surface area contributed by atoms with Crippen molar-refractivity contribution in [2.45, 2.75) is 0 Å². The van der Waals surface area contributed by atoms with E-state index in [-0.39, 0.29) is 0 Å². The third kappa shape index (κ3) is 2.40. The summed E-state index contributed by atoms with van der Waals surface area (Å²) >= 11 is 0. The zero-order valence-electron chi connectivity index (χ0n) is 13.0. The van der Waals surface area contributed by atoms with Gasteiger partial charge in [0, 0.05) is 46.2 Å². The number of H-pyrrole nitrogens is 1. The molecule has 1 aromatic carbocycles. The maximum absolute atomic E-state index is 13.0. The molecular weight excluding hydrogens is 305 g/mol. The Morgan fingerprint density at radius 1 is 0.958 bits per heavy atom. The maximum atomic E-state index is 13.0. The van der Waals surface area contributed by atoms with Gasteiger partial charge in [-0.3, -0.25) is 0 Å². The predicted octanol–water partition coefficient (Wildman–Crippen LogP) is 4.44. The minimum absolute atomic E-state index is 0.496. The van der Waals surface area contributed by atoms with Crippen LogP contribution in [0, 0.1) is 5.95 Å². The van der Waals surface area contributed by atoms with Crippen LogP contribution in [-0.4, -0.2) is 22.1 Å². The van der Waals surface area contributed by atoms with Crippen LogP contribution in [0.15, 0.2) is 61.1 Å². The Labute approximate surface area is 138 Å². The van der Waals surface area contributed by atoms with Crippen LogP contribution in [0.1, 0.15) is 0 Å². The lowest BCUT2D eigenvalue weighted by Gasteiger charge is -2.07. The number of para-hydroxylation sites is 1. The second-order valence-electron chi connectivity index (χ2n) is 5.39. The Bertz CT molecular complexity index is 1010. The van der Waals surface area contributed by atoms with Gasteiger partial charge in [-0.1, -0.05) is 18.2 Å². The second kappa shape index (κ2) is 5.77. The van der Waals surface area contributed by atoms with E-state index in [1.807, 2.05) is 36.5 Å². The predicted molar refractivity (Wildman–Crippen MR) is 91.3 cm³/mol. The van der Waals surface area contributed by atoms with Crippen molar-refractivity contribution in [3.8, 4) is 28.0 Å². The molecule has 0 spiro atoms. The fourth-order valence-electron chi connectivity index (χ4n) is 2.80. The standard InChI is InChI=1S/C19H14FN3O/c1-24-17-5-3-2-4-14(17)16-11-23-19-15(16)8-13(10-22-19)12-6-7-18(20)21-9-12/h2-11H,1H3,(H,22,23). The summed E-state index contributed by atoms with van der Waals surface area (Å²) in [5.41, 5.74) is 4.48. The van der Waals surface area contributed by atoms with Crippen LogP contribution in [-0.2, 0) is 0 Å². The number of rotatable bonds is 3. The third-order valence-electron chi connectivity index (χ3n) is 3.99. The van der Waals surface area contributed by atoms with Gasteiger partial charge >= 0.3 is 0 Å². The summed E-state index contributed by atoms with van der Waals surface area (Å²) in [6.45, 7) is 0. The molecule has 0 atom stereocenters. The summed E-state index contributed by atoms with van der Waals surface area (Å²) in [6, 6.07) is 12.9. The van der Waals surface area contributed by atoms with Crippen LogP contribution in [0.2, 0.25) is 0 Å². The SMILES string of the molecule is COc1ccccc1-c1c[nH]c2ncc(-c3ccc(F)nc3)cc12. The highest BCUT2D eigenvalue weighted by Crippen LogP contribution is 2.35. The summed E-state index contributed by atoms with van der Waals surface area (Å²) < 4.78 is 18.5. The highest BCUT2D eigenvalue weighted by Gasteiger charge is 2.12. The molecule has 4 rings (SSSR count). The molecule has 0 saturated heterocycles. The van der Waals surface area contributed by atoms with E-state index in [0.29, 0.717) is 0 Å². The first kappa shape index (κ1) is 14.4. The first-order chi connectivity index (χ1) is 11.8. The minimum atomic E-state index is -0.496. The molecule has 0 aliphatic carbocycles. The van der Waals surface area contributed by atoms with Crippen LogP contribution < -0.4 is 4.74 Å². The smallest absolute Gasteiger partial charge is 0.212 e. The number of ether oxygens (including phenoxy) is 1. The van der Waals surface area contributed by atoms with Gasteiger partial charge in [0.15, 0.2) is 0 Å². The fourth-order valence-corrected chi connectivity index (χ4v) is 2.80. The van der Waals surface area contributed by atoms with Gasteiger partial charge < -0.3 is 9.72 Å². The first-order valence-electron chi connectivity index (χ1n) is 7.49. The van der Waals surface area contributed by atoms with Crippen molar-refractivity contribution in [2.75, 3.05) is 7.11 Å². The molecule has 0 aliphatic heterocycles. The Kier molecular flexibility index (Phi) is 3.46. The molecule has 118 valence electrons. The van der Waals surface area contributed by atoms with E-state index in [4.69, 9.17) is 4.74 Å². The summed E-state index contributed by atoms with van der Waals surface area (Å²) in [5.74, 6) is 0.302. The quantitative estimate of drug-likeness (QED) is 0.568. The van der Waals surface area contributed by atoms with Crippen molar-refractivity contribution >= 4 is 11.0 Å². The Morgan fingerprint density at radius 2 is 1.79 bits per heavy atom. The number of fused-ring (bicyclic) bond motifs is 1. The number of hydrogen-bond acceptors (Lipinski definition) is 3. The lowest BCUT2D eigenvalue weighted by atomic mass is 10.0. The van der Waals surface area contributed by atoms with Crippen LogP contribution in [0.3, 0.4) is 0 Å². The van der Waals surface area contributed by atoms with Crippen molar-refractivity contribution in [3.05, 3.63) is 67.0 Å². The molecule has 0 radical (unpaired) electrons. The Hall–Kier alpha value is -3.21. The van der Waals surface area contributed by atoms with Crippen molar-refractivity contribution in [1.29, 1.82) is 0 Å². The topological polar surface area (TPSA) is 50.8 Å². The number of aromatic nitrogens is 3. The number of hydrogen-bond donors (Lipinski definition) is 1. The number of nitrogens with zero attached hydrogens (tertiary/aromatic N) is 2. The van der Waals surface area contributed by atoms with Crippen LogP contribution >= 0.6 is 0 Å². The average molecular weight is 319 g/mol. The second-order valence-corrected chi connectivity index (χ2v) is 5.39. The molecule has 0 unspecified atom stereocenters.